The Morgan fingerprint density at radius 1 is 1.25 bits per heavy atom. The first-order valence-electron chi connectivity index (χ1n) is 10.8. The summed E-state index contributed by atoms with van der Waals surface area (Å²) in [7, 11) is -0.138. The first-order chi connectivity index (χ1) is 13.5. The summed E-state index contributed by atoms with van der Waals surface area (Å²) < 4.78 is 18.4. The summed E-state index contributed by atoms with van der Waals surface area (Å²) in [6.45, 7) is 13.8. The van der Waals surface area contributed by atoms with Gasteiger partial charge in [-0.1, -0.05) is 45.9 Å². The zero-order valence-corrected chi connectivity index (χ0v) is 17.8. The van der Waals surface area contributed by atoms with Crippen LogP contribution in [0.5, 0.6) is 5.75 Å². The molecule has 1 aromatic carbocycles. The second-order valence-corrected chi connectivity index (χ2v) is 8.71. The molecule has 4 aliphatic rings. The molecule has 0 radical (unpaired) electrons. The first kappa shape index (κ1) is 21.4. The summed E-state index contributed by atoms with van der Waals surface area (Å²) in [5.74, 6) is 1.92. The van der Waals surface area contributed by atoms with E-state index in [4.69, 9.17) is 14.0 Å². The summed E-state index contributed by atoms with van der Waals surface area (Å²) in [6, 6.07) is 7.11. The molecule has 4 nitrogen and oxygen atoms in total. The Labute approximate surface area is 170 Å². The SMILES string of the molecule is C=CC(COCc1ccc(O)cc1)CB1OC2CC3CC(C2O1)C3(C)C.CC. The van der Waals surface area contributed by atoms with Crippen LogP contribution in [-0.2, 0) is 20.7 Å². The molecule has 0 spiro atoms. The van der Waals surface area contributed by atoms with Crippen molar-refractivity contribution < 1.29 is 19.2 Å². The highest BCUT2D eigenvalue weighted by molar-refractivity contribution is 6.45. The lowest BCUT2D eigenvalue weighted by Crippen LogP contribution is -2.59. The van der Waals surface area contributed by atoms with E-state index in [1.807, 2.05) is 32.1 Å². The lowest BCUT2D eigenvalue weighted by molar-refractivity contribution is -0.150. The Balaban J connectivity index is 0.00000109. The minimum absolute atomic E-state index is 0.138. The molecule has 28 heavy (non-hydrogen) atoms. The highest BCUT2D eigenvalue weighted by Gasteiger charge is 2.61. The molecule has 5 heteroatoms. The third kappa shape index (κ3) is 4.32. The Kier molecular flexibility index (Phi) is 6.90. The number of rotatable bonds is 7. The second-order valence-electron chi connectivity index (χ2n) is 8.71. The smallest absolute Gasteiger partial charge is 0.458 e. The predicted octanol–water partition coefficient (Wildman–Crippen LogP) is 5.08. The molecule has 5 rings (SSSR count). The minimum atomic E-state index is -0.138. The lowest BCUT2D eigenvalue weighted by atomic mass is 9.47. The molecule has 1 N–H and O–H groups in total. The van der Waals surface area contributed by atoms with Gasteiger partial charge in [0.25, 0.3) is 0 Å². The van der Waals surface area contributed by atoms with Crippen LogP contribution in [0.1, 0.15) is 46.1 Å². The summed E-state index contributed by atoms with van der Waals surface area (Å²) in [6.07, 6.45) is 5.72. The molecular weight excluding hydrogens is 351 g/mol. The number of aromatic hydroxyl groups is 1. The largest absolute Gasteiger partial charge is 0.508 e. The number of hydrogen-bond acceptors (Lipinski definition) is 4. The molecule has 0 amide bonds. The van der Waals surface area contributed by atoms with Crippen molar-refractivity contribution in [1.82, 2.24) is 0 Å². The average molecular weight is 386 g/mol. The maximum absolute atomic E-state index is 9.33. The van der Waals surface area contributed by atoms with E-state index in [9.17, 15) is 5.11 Å². The van der Waals surface area contributed by atoms with Crippen molar-refractivity contribution in [2.45, 2.75) is 65.7 Å². The zero-order valence-electron chi connectivity index (χ0n) is 17.8. The lowest BCUT2D eigenvalue weighted by Gasteiger charge is -2.60. The van der Waals surface area contributed by atoms with Gasteiger partial charge in [-0.05, 0) is 60.0 Å². The molecule has 1 aliphatic heterocycles. The quantitative estimate of drug-likeness (QED) is 0.525. The first-order valence-corrected chi connectivity index (χ1v) is 10.8. The summed E-state index contributed by atoms with van der Waals surface area (Å²) in [5.41, 5.74) is 1.46. The number of hydrogen-bond donors (Lipinski definition) is 1. The Morgan fingerprint density at radius 2 is 1.96 bits per heavy atom. The van der Waals surface area contributed by atoms with Crippen LogP contribution in [0.4, 0.5) is 0 Å². The van der Waals surface area contributed by atoms with Crippen molar-refractivity contribution in [2.75, 3.05) is 6.61 Å². The highest BCUT2D eigenvalue weighted by Crippen LogP contribution is 2.61. The standard InChI is InChI=1S/C21H29BO4.C2H6/c1-4-14(12-24-13-15-5-7-17(23)8-6-15)11-22-25-19-10-16-9-18(20(19)26-22)21(16,2)3;1-2/h4-8,14,16,18-20,23H,1,9-13H2,2-3H3;1-2H3. The normalized spacial score (nSPS) is 30.5. The molecule has 1 heterocycles. The Hall–Kier alpha value is -1.30. The van der Waals surface area contributed by atoms with Crippen LogP contribution >= 0.6 is 0 Å². The predicted molar refractivity (Wildman–Crippen MR) is 113 cm³/mol. The van der Waals surface area contributed by atoms with E-state index in [2.05, 4.69) is 20.4 Å². The van der Waals surface area contributed by atoms with Crippen LogP contribution in [0.25, 0.3) is 0 Å². The number of ether oxygens (including phenoxy) is 1. The molecule has 3 saturated carbocycles. The van der Waals surface area contributed by atoms with Crippen molar-refractivity contribution in [3.8, 4) is 5.75 Å². The molecule has 2 bridgehead atoms. The molecule has 0 aromatic heterocycles. The zero-order chi connectivity index (χ0) is 20.3. The molecule has 3 aliphatic carbocycles. The topological polar surface area (TPSA) is 47.9 Å². The Bertz CT molecular complexity index is 645. The number of phenols is 1. The van der Waals surface area contributed by atoms with Crippen LogP contribution in [-0.4, -0.2) is 31.0 Å². The van der Waals surface area contributed by atoms with Gasteiger partial charge in [-0.2, -0.15) is 0 Å². The van der Waals surface area contributed by atoms with Gasteiger partial charge >= 0.3 is 7.12 Å². The fraction of sp³-hybridized carbons (Fsp3) is 0.652. The van der Waals surface area contributed by atoms with Crippen LogP contribution in [0, 0.1) is 23.2 Å². The highest BCUT2D eigenvalue weighted by atomic mass is 16.7. The van der Waals surface area contributed by atoms with Gasteiger partial charge in [-0.3, -0.25) is 0 Å². The van der Waals surface area contributed by atoms with Gasteiger partial charge in [0.05, 0.1) is 25.4 Å². The third-order valence-corrected chi connectivity index (χ3v) is 6.83. The maximum Gasteiger partial charge on any atom is 0.458 e. The molecule has 4 fully saturated rings. The summed E-state index contributed by atoms with van der Waals surface area (Å²) >= 11 is 0. The van der Waals surface area contributed by atoms with Gasteiger partial charge in [-0.15, -0.1) is 6.58 Å². The van der Waals surface area contributed by atoms with Crippen LogP contribution in [0.3, 0.4) is 0 Å². The van der Waals surface area contributed by atoms with E-state index in [1.54, 1.807) is 12.1 Å². The van der Waals surface area contributed by atoms with Gasteiger partial charge < -0.3 is 19.2 Å². The van der Waals surface area contributed by atoms with Crippen LogP contribution in [0.2, 0.25) is 6.32 Å². The van der Waals surface area contributed by atoms with Crippen LogP contribution < -0.4 is 0 Å². The molecule has 154 valence electrons. The minimum Gasteiger partial charge on any atom is -0.508 e. The van der Waals surface area contributed by atoms with E-state index in [1.165, 1.54) is 6.42 Å². The Morgan fingerprint density at radius 3 is 2.61 bits per heavy atom. The fourth-order valence-electron chi connectivity index (χ4n) is 4.92. The monoisotopic (exact) mass is 386 g/mol. The van der Waals surface area contributed by atoms with E-state index >= 15 is 0 Å². The second kappa shape index (κ2) is 9.02. The van der Waals surface area contributed by atoms with Gasteiger partial charge in [0, 0.05) is 0 Å². The fourth-order valence-corrected chi connectivity index (χ4v) is 4.92. The molecule has 5 unspecified atom stereocenters. The number of phenolic OH excluding ortho intramolecular Hbond substituents is 1. The van der Waals surface area contributed by atoms with E-state index in [0.717, 1.165) is 24.2 Å². The van der Waals surface area contributed by atoms with Gasteiger partial charge in [0.2, 0.25) is 0 Å². The van der Waals surface area contributed by atoms with Crippen molar-refractivity contribution >= 4 is 7.12 Å². The molecule has 1 aromatic rings. The van der Waals surface area contributed by atoms with E-state index < -0.39 is 0 Å². The summed E-state index contributed by atoms with van der Waals surface area (Å²) in [4.78, 5) is 0. The molecular formula is C23H35BO4. The van der Waals surface area contributed by atoms with Crippen molar-refractivity contribution in [1.29, 1.82) is 0 Å². The third-order valence-electron chi connectivity index (χ3n) is 6.83. The summed E-state index contributed by atoms with van der Waals surface area (Å²) in [5, 5.41) is 9.33. The maximum atomic E-state index is 9.33. The van der Waals surface area contributed by atoms with Crippen LogP contribution in [0.15, 0.2) is 36.9 Å². The van der Waals surface area contributed by atoms with E-state index in [-0.39, 0.29) is 31.0 Å². The molecule has 5 atom stereocenters. The average Bonchev–Trinajstić information content (AvgIpc) is 3.12. The van der Waals surface area contributed by atoms with Crippen molar-refractivity contribution in [2.24, 2.45) is 23.2 Å². The van der Waals surface area contributed by atoms with Gasteiger partial charge in [0.1, 0.15) is 5.75 Å². The van der Waals surface area contributed by atoms with E-state index in [0.29, 0.717) is 24.5 Å². The number of benzene rings is 1. The molecule has 1 saturated heterocycles. The van der Waals surface area contributed by atoms with Crippen molar-refractivity contribution in [3.63, 3.8) is 0 Å². The van der Waals surface area contributed by atoms with Gasteiger partial charge in [-0.25, -0.2) is 0 Å². The van der Waals surface area contributed by atoms with Gasteiger partial charge in [0.15, 0.2) is 0 Å². The van der Waals surface area contributed by atoms with Crippen molar-refractivity contribution in [3.05, 3.63) is 42.5 Å².